The molecule has 5 heteroatoms. The van der Waals surface area contributed by atoms with Crippen molar-refractivity contribution in [3.8, 4) is 5.75 Å². The van der Waals surface area contributed by atoms with Gasteiger partial charge in [0.05, 0.1) is 0 Å². The third-order valence-corrected chi connectivity index (χ3v) is 3.04. The van der Waals surface area contributed by atoms with Gasteiger partial charge in [-0.15, -0.1) is 0 Å². The fraction of sp³-hybridized carbons (Fsp3) is 0.562. The second-order valence-corrected chi connectivity index (χ2v) is 6.19. The van der Waals surface area contributed by atoms with Crippen molar-refractivity contribution in [3.63, 3.8) is 0 Å². The van der Waals surface area contributed by atoms with Crippen molar-refractivity contribution in [2.75, 3.05) is 7.05 Å². The summed E-state index contributed by atoms with van der Waals surface area (Å²) in [6.45, 7) is 9.30. The van der Waals surface area contributed by atoms with Crippen LogP contribution in [0.3, 0.4) is 0 Å². The Morgan fingerprint density at radius 3 is 2.43 bits per heavy atom. The Bertz CT molecular complexity index is 498. The van der Waals surface area contributed by atoms with Gasteiger partial charge in [0.1, 0.15) is 11.6 Å². The van der Waals surface area contributed by atoms with E-state index in [9.17, 15) is 9.18 Å². The molecule has 118 valence electrons. The molecule has 1 aromatic carbocycles. The van der Waals surface area contributed by atoms with Crippen LogP contribution in [0.15, 0.2) is 18.2 Å². The van der Waals surface area contributed by atoms with Gasteiger partial charge in [-0.3, -0.25) is 4.79 Å². The van der Waals surface area contributed by atoms with E-state index in [1.165, 1.54) is 12.1 Å². The number of nitrogens with one attached hydrogen (secondary N) is 2. The van der Waals surface area contributed by atoms with E-state index < -0.39 is 6.10 Å². The lowest BCUT2D eigenvalue weighted by Crippen LogP contribution is -2.46. The van der Waals surface area contributed by atoms with Crippen LogP contribution in [0.2, 0.25) is 0 Å². The minimum Gasteiger partial charge on any atom is -0.481 e. The second-order valence-electron chi connectivity index (χ2n) is 6.19. The van der Waals surface area contributed by atoms with Crippen LogP contribution in [0.25, 0.3) is 0 Å². The van der Waals surface area contributed by atoms with Crippen molar-refractivity contribution in [2.24, 2.45) is 0 Å². The van der Waals surface area contributed by atoms with Gasteiger partial charge in [-0.2, -0.15) is 0 Å². The molecular weight excluding hydrogens is 271 g/mol. The zero-order valence-corrected chi connectivity index (χ0v) is 13.6. The largest absolute Gasteiger partial charge is 0.481 e. The van der Waals surface area contributed by atoms with Crippen molar-refractivity contribution in [3.05, 3.63) is 29.6 Å². The summed E-state index contributed by atoms with van der Waals surface area (Å²) in [5.74, 6) is -0.0176. The molecule has 0 radical (unpaired) electrons. The monoisotopic (exact) mass is 296 g/mol. The number of halogens is 1. The van der Waals surface area contributed by atoms with Gasteiger partial charge in [-0.1, -0.05) is 0 Å². The Hall–Kier alpha value is -1.62. The van der Waals surface area contributed by atoms with Crippen LogP contribution in [-0.2, 0) is 4.79 Å². The zero-order valence-electron chi connectivity index (χ0n) is 13.6. The summed E-state index contributed by atoms with van der Waals surface area (Å²) in [5.41, 5.74) is 0.367. The summed E-state index contributed by atoms with van der Waals surface area (Å²) in [5, 5.41) is 5.90. The predicted octanol–water partition coefficient (Wildman–Crippen LogP) is 2.79. The van der Waals surface area contributed by atoms with E-state index in [1.807, 2.05) is 27.7 Å². The number of hydrogen-bond acceptors (Lipinski definition) is 3. The molecule has 0 aliphatic carbocycles. The fourth-order valence-corrected chi connectivity index (χ4v) is 1.84. The van der Waals surface area contributed by atoms with Crippen molar-refractivity contribution in [1.29, 1.82) is 0 Å². The summed E-state index contributed by atoms with van der Waals surface area (Å²) >= 11 is 0. The number of carbonyl (C=O) groups excluding carboxylic acids is 1. The Morgan fingerprint density at radius 2 is 1.90 bits per heavy atom. The van der Waals surface area contributed by atoms with Gasteiger partial charge in [-0.05, 0) is 59.9 Å². The van der Waals surface area contributed by atoms with Crippen molar-refractivity contribution < 1.29 is 13.9 Å². The predicted molar refractivity (Wildman–Crippen MR) is 81.9 cm³/mol. The Balaban J connectivity index is 2.89. The molecule has 0 aliphatic rings. The van der Waals surface area contributed by atoms with Gasteiger partial charge in [0, 0.05) is 17.1 Å². The molecule has 2 atom stereocenters. The van der Waals surface area contributed by atoms with E-state index >= 15 is 0 Å². The summed E-state index contributed by atoms with van der Waals surface area (Å²) in [6, 6.07) is 4.23. The molecule has 0 aromatic heterocycles. The summed E-state index contributed by atoms with van der Waals surface area (Å²) in [6.07, 6.45) is -0.655. The number of carbonyl (C=O) groups is 1. The normalized spacial score (nSPS) is 14.4. The van der Waals surface area contributed by atoms with Crippen molar-refractivity contribution in [1.82, 2.24) is 10.6 Å². The van der Waals surface area contributed by atoms with Gasteiger partial charge < -0.3 is 15.4 Å². The standard InChI is InChI=1S/C16H25FN2O2/c1-10(18-6)13-9-12(17)7-8-14(13)21-11(2)15(20)19-16(3,4)5/h7-11,18H,1-6H3,(H,19,20). The maximum absolute atomic E-state index is 13.4. The molecule has 0 heterocycles. The smallest absolute Gasteiger partial charge is 0.261 e. The molecular formula is C16H25FN2O2. The molecule has 0 fully saturated rings. The van der Waals surface area contributed by atoms with Gasteiger partial charge in [-0.25, -0.2) is 4.39 Å². The van der Waals surface area contributed by atoms with Crippen LogP contribution < -0.4 is 15.4 Å². The molecule has 4 nitrogen and oxygen atoms in total. The lowest BCUT2D eigenvalue weighted by molar-refractivity contribution is -0.128. The molecule has 2 unspecified atom stereocenters. The van der Waals surface area contributed by atoms with E-state index in [4.69, 9.17) is 4.74 Å². The highest BCUT2D eigenvalue weighted by molar-refractivity contribution is 5.81. The van der Waals surface area contributed by atoms with E-state index in [-0.39, 0.29) is 23.3 Å². The van der Waals surface area contributed by atoms with E-state index in [2.05, 4.69) is 10.6 Å². The third kappa shape index (κ3) is 5.34. The van der Waals surface area contributed by atoms with Crippen LogP contribution in [-0.4, -0.2) is 24.6 Å². The van der Waals surface area contributed by atoms with Crippen LogP contribution >= 0.6 is 0 Å². The lowest BCUT2D eigenvalue weighted by Gasteiger charge is -2.25. The Kier molecular flexibility index (Phi) is 5.72. The highest BCUT2D eigenvalue weighted by Gasteiger charge is 2.22. The topological polar surface area (TPSA) is 50.4 Å². The molecule has 1 rings (SSSR count). The van der Waals surface area contributed by atoms with Crippen LogP contribution in [0.5, 0.6) is 5.75 Å². The molecule has 0 saturated heterocycles. The molecule has 21 heavy (non-hydrogen) atoms. The van der Waals surface area contributed by atoms with Crippen LogP contribution in [0, 0.1) is 5.82 Å². The fourth-order valence-electron chi connectivity index (χ4n) is 1.84. The van der Waals surface area contributed by atoms with Crippen LogP contribution in [0.1, 0.15) is 46.2 Å². The summed E-state index contributed by atoms with van der Waals surface area (Å²) in [7, 11) is 1.79. The maximum atomic E-state index is 13.4. The summed E-state index contributed by atoms with van der Waals surface area (Å²) < 4.78 is 19.1. The lowest BCUT2D eigenvalue weighted by atomic mass is 10.1. The number of rotatable bonds is 5. The van der Waals surface area contributed by atoms with Crippen molar-refractivity contribution in [2.45, 2.75) is 52.3 Å². The highest BCUT2D eigenvalue weighted by atomic mass is 19.1. The number of hydrogen-bond donors (Lipinski definition) is 2. The number of benzene rings is 1. The second kappa shape index (κ2) is 6.89. The van der Waals surface area contributed by atoms with Gasteiger partial charge in [0.2, 0.25) is 0 Å². The number of amides is 1. The first-order valence-electron chi connectivity index (χ1n) is 7.09. The van der Waals surface area contributed by atoms with Crippen molar-refractivity contribution >= 4 is 5.91 Å². The maximum Gasteiger partial charge on any atom is 0.261 e. The number of ether oxygens (including phenoxy) is 1. The van der Waals surface area contributed by atoms with Gasteiger partial charge in [0.25, 0.3) is 5.91 Å². The van der Waals surface area contributed by atoms with Gasteiger partial charge >= 0.3 is 0 Å². The molecule has 2 N–H and O–H groups in total. The first-order chi connectivity index (χ1) is 9.64. The quantitative estimate of drug-likeness (QED) is 0.878. The third-order valence-electron chi connectivity index (χ3n) is 3.04. The van der Waals surface area contributed by atoms with Crippen LogP contribution in [0.4, 0.5) is 4.39 Å². The SMILES string of the molecule is CNC(C)c1cc(F)ccc1OC(C)C(=O)NC(C)(C)C. The van der Waals surface area contributed by atoms with Gasteiger partial charge in [0.15, 0.2) is 6.10 Å². The summed E-state index contributed by atoms with van der Waals surface area (Å²) in [4.78, 5) is 12.1. The average molecular weight is 296 g/mol. The minimum absolute atomic E-state index is 0.0754. The minimum atomic E-state index is -0.655. The molecule has 1 amide bonds. The zero-order chi connectivity index (χ0) is 16.2. The molecule has 0 bridgehead atoms. The van der Waals surface area contributed by atoms with E-state index in [0.29, 0.717) is 11.3 Å². The first kappa shape index (κ1) is 17.4. The Labute approximate surface area is 126 Å². The first-order valence-corrected chi connectivity index (χ1v) is 7.09. The molecule has 1 aromatic rings. The highest BCUT2D eigenvalue weighted by Crippen LogP contribution is 2.26. The molecule has 0 saturated carbocycles. The Morgan fingerprint density at radius 1 is 1.29 bits per heavy atom. The van der Waals surface area contributed by atoms with E-state index in [1.54, 1.807) is 20.0 Å². The average Bonchev–Trinajstić information content (AvgIpc) is 2.37. The van der Waals surface area contributed by atoms with E-state index in [0.717, 1.165) is 0 Å². The molecule has 0 spiro atoms. The molecule has 0 aliphatic heterocycles.